The first-order valence-electron chi connectivity index (χ1n) is 5.86. The van der Waals surface area contributed by atoms with E-state index in [2.05, 4.69) is 39.1 Å². The van der Waals surface area contributed by atoms with Gasteiger partial charge in [-0.05, 0) is 23.5 Å². The first kappa shape index (κ1) is 13.2. The number of benzene rings is 1. The SMILES string of the molecule is CC(NCc1ccccc1CO)C(C)(C)C. The van der Waals surface area contributed by atoms with E-state index >= 15 is 0 Å². The van der Waals surface area contributed by atoms with Crippen molar-refractivity contribution < 1.29 is 5.11 Å². The second kappa shape index (κ2) is 5.46. The van der Waals surface area contributed by atoms with Crippen molar-refractivity contribution in [2.24, 2.45) is 5.41 Å². The lowest BCUT2D eigenvalue weighted by atomic mass is 9.88. The molecule has 1 atom stereocenters. The highest BCUT2D eigenvalue weighted by Crippen LogP contribution is 2.19. The minimum Gasteiger partial charge on any atom is -0.392 e. The van der Waals surface area contributed by atoms with E-state index < -0.39 is 0 Å². The highest BCUT2D eigenvalue weighted by Gasteiger charge is 2.19. The number of hydrogen-bond donors (Lipinski definition) is 2. The molecule has 0 aliphatic rings. The van der Waals surface area contributed by atoms with Crippen LogP contribution in [0.25, 0.3) is 0 Å². The third-order valence-corrected chi connectivity index (χ3v) is 3.19. The van der Waals surface area contributed by atoms with E-state index in [1.165, 1.54) is 5.56 Å². The van der Waals surface area contributed by atoms with Crippen LogP contribution in [0.15, 0.2) is 24.3 Å². The molecule has 2 N–H and O–H groups in total. The Labute approximate surface area is 98.7 Å². The predicted octanol–water partition coefficient (Wildman–Crippen LogP) is 2.70. The van der Waals surface area contributed by atoms with Crippen molar-refractivity contribution in [3.8, 4) is 0 Å². The summed E-state index contributed by atoms with van der Waals surface area (Å²) in [6, 6.07) is 8.45. The van der Waals surface area contributed by atoms with Crippen molar-refractivity contribution in [1.29, 1.82) is 0 Å². The van der Waals surface area contributed by atoms with Gasteiger partial charge in [-0.3, -0.25) is 0 Å². The minimum atomic E-state index is 0.113. The summed E-state index contributed by atoms with van der Waals surface area (Å²) in [6.45, 7) is 9.80. The fraction of sp³-hybridized carbons (Fsp3) is 0.571. The maximum absolute atomic E-state index is 9.22. The third-order valence-electron chi connectivity index (χ3n) is 3.19. The molecule has 0 saturated carbocycles. The zero-order valence-corrected chi connectivity index (χ0v) is 10.7. The highest BCUT2D eigenvalue weighted by molar-refractivity contribution is 5.26. The van der Waals surface area contributed by atoms with E-state index in [1.807, 2.05) is 18.2 Å². The van der Waals surface area contributed by atoms with Crippen molar-refractivity contribution in [2.75, 3.05) is 0 Å². The fourth-order valence-electron chi connectivity index (χ4n) is 1.45. The number of nitrogens with one attached hydrogen (secondary N) is 1. The van der Waals surface area contributed by atoms with E-state index in [4.69, 9.17) is 0 Å². The Morgan fingerprint density at radius 2 is 1.75 bits per heavy atom. The number of aliphatic hydroxyl groups excluding tert-OH is 1. The summed E-state index contributed by atoms with van der Waals surface area (Å²) in [6.07, 6.45) is 0. The van der Waals surface area contributed by atoms with Gasteiger partial charge < -0.3 is 10.4 Å². The second-order valence-corrected chi connectivity index (χ2v) is 5.40. The Kier molecular flexibility index (Phi) is 4.51. The molecule has 16 heavy (non-hydrogen) atoms. The molecule has 0 radical (unpaired) electrons. The normalized spacial score (nSPS) is 13.8. The van der Waals surface area contributed by atoms with Crippen LogP contribution in [0.1, 0.15) is 38.8 Å². The summed E-state index contributed by atoms with van der Waals surface area (Å²) < 4.78 is 0. The number of aliphatic hydroxyl groups is 1. The molecule has 0 saturated heterocycles. The maximum Gasteiger partial charge on any atom is 0.0685 e. The van der Waals surface area contributed by atoms with Gasteiger partial charge in [-0.25, -0.2) is 0 Å². The summed E-state index contributed by atoms with van der Waals surface area (Å²) >= 11 is 0. The third kappa shape index (κ3) is 3.62. The van der Waals surface area contributed by atoms with Gasteiger partial charge in [0.15, 0.2) is 0 Å². The van der Waals surface area contributed by atoms with Crippen molar-refractivity contribution in [1.82, 2.24) is 5.32 Å². The molecule has 0 bridgehead atoms. The average Bonchev–Trinajstić information content (AvgIpc) is 2.24. The molecule has 2 heteroatoms. The number of hydrogen-bond acceptors (Lipinski definition) is 2. The zero-order chi connectivity index (χ0) is 12.2. The summed E-state index contributed by atoms with van der Waals surface area (Å²) in [5.74, 6) is 0. The lowest BCUT2D eigenvalue weighted by molar-refractivity contribution is 0.274. The second-order valence-electron chi connectivity index (χ2n) is 5.40. The molecule has 1 aromatic rings. The van der Waals surface area contributed by atoms with Crippen molar-refractivity contribution in [3.05, 3.63) is 35.4 Å². The molecular formula is C14H23NO. The molecule has 0 heterocycles. The molecule has 1 rings (SSSR count). The van der Waals surface area contributed by atoms with E-state index in [0.29, 0.717) is 6.04 Å². The Hall–Kier alpha value is -0.860. The lowest BCUT2D eigenvalue weighted by Crippen LogP contribution is -2.37. The van der Waals surface area contributed by atoms with E-state index in [0.717, 1.165) is 12.1 Å². The average molecular weight is 221 g/mol. The van der Waals surface area contributed by atoms with Crippen molar-refractivity contribution in [2.45, 2.75) is 46.9 Å². The topological polar surface area (TPSA) is 32.3 Å². The quantitative estimate of drug-likeness (QED) is 0.819. The Bertz CT molecular complexity index is 328. The standard InChI is InChI=1S/C14H23NO/c1-11(14(2,3)4)15-9-12-7-5-6-8-13(12)10-16/h5-8,11,15-16H,9-10H2,1-4H3. The molecule has 1 aromatic carbocycles. The van der Waals surface area contributed by atoms with Crippen LogP contribution in [0.5, 0.6) is 0 Å². The molecule has 0 aromatic heterocycles. The van der Waals surface area contributed by atoms with Gasteiger partial charge in [0.05, 0.1) is 6.61 Å². The minimum absolute atomic E-state index is 0.113. The monoisotopic (exact) mass is 221 g/mol. The molecule has 0 spiro atoms. The Morgan fingerprint density at radius 1 is 1.19 bits per heavy atom. The van der Waals surface area contributed by atoms with E-state index in [9.17, 15) is 5.11 Å². The number of rotatable bonds is 4. The van der Waals surface area contributed by atoms with Gasteiger partial charge in [-0.15, -0.1) is 0 Å². The molecule has 1 unspecified atom stereocenters. The maximum atomic E-state index is 9.22. The van der Waals surface area contributed by atoms with E-state index in [-0.39, 0.29) is 12.0 Å². The van der Waals surface area contributed by atoms with Gasteiger partial charge in [0.1, 0.15) is 0 Å². The zero-order valence-electron chi connectivity index (χ0n) is 10.7. The van der Waals surface area contributed by atoms with Gasteiger partial charge >= 0.3 is 0 Å². The Balaban J connectivity index is 2.61. The summed E-state index contributed by atoms with van der Waals surface area (Å²) in [5.41, 5.74) is 2.45. The summed E-state index contributed by atoms with van der Waals surface area (Å²) in [7, 11) is 0. The van der Waals surface area contributed by atoms with Crippen LogP contribution in [-0.2, 0) is 13.2 Å². The van der Waals surface area contributed by atoms with Gasteiger partial charge in [-0.1, -0.05) is 45.0 Å². The van der Waals surface area contributed by atoms with E-state index in [1.54, 1.807) is 0 Å². The highest BCUT2D eigenvalue weighted by atomic mass is 16.3. The molecule has 2 nitrogen and oxygen atoms in total. The van der Waals surface area contributed by atoms with Crippen LogP contribution in [0.4, 0.5) is 0 Å². The first-order valence-corrected chi connectivity index (χ1v) is 5.86. The predicted molar refractivity (Wildman–Crippen MR) is 68.1 cm³/mol. The Morgan fingerprint density at radius 3 is 2.25 bits per heavy atom. The molecule has 90 valence electrons. The summed E-state index contributed by atoms with van der Waals surface area (Å²) in [4.78, 5) is 0. The van der Waals surface area contributed by atoms with Crippen LogP contribution < -0.4 is 5.32 Å². The van der Waals surface area contributed by atoms with Gasteiger partial charge in [0.25, 0.3) is 0 Å². The van der Waals surface area contributed by atoms with Crippen LogP contribution in [0.3, 0.4) is 0 Å². The smallest absolute Gasteiger partial charge is 0.0685 e. The van der Waals surface area contributed by atoms with Gasteiger partial charge in [-0.2, -0.15) is 0 Å². The summed E-state index contributed by atoms with van der Waals surface area (Å²) in [5, 5.41) is 12.7. The first-order chi connectivity index (χ1) is 7.45. The lowest BCUT2D eigenvalue weighted by Gasteiger charge is -2.28. The van der Waals surface area contributed by atoms with Crippen LogP contribution in [-0.4, -0.2) is 11.1 Å². The van der Waals surface area contributed by atoms with Gasteiger partial charge in [0, 0.05) is 12.6 Å². The fourth-order valence-corrected chi connectivity index (χ4v) is 1.45. The van der Waals surface area contributed by atoms with Crippen LogP contribution in [0.2, 0.25) is 0 Å². The van der Waals surface area contributed by atoms with Crippen LogP contribution in [0, 0.1) is 5.41 Å². The van der Waals surface area contributed by atoms with Crippen molar-refractivity contribution in [3.63, 3.8) is 0 Å². The molecule has 0 amide bonds. The molecular weight excluding hydrogens is 198 g/mol. The van der Waals surface area contributed by atoms with Gasteiger partial charge in [0.2, 0.25) is 0 Å². The van der Waals surface area contributed by atoms with Crippen LogP contribution >= 0.6 is 0 Å². The molecule has 0 aliphatic heterocycles. The van der Waals surface area contributed by atoms with Crippen molar-refractivity contribution >= 4 is 0 Å². The molecule has 0 fully saturated rings. The molecule has 0 aliphatic carbocycles. The largest absolute Gasteiger partial charge is 0.392 e.